The molecule has 1 fully saturated rings. The van der Waals surface area contributed by atoms with Crippen molar-refractivity contribution in [3.05, 3.63) is 88.2 Å². The molecule has 2 aromatic carbocycles. The number of anilines is 1. The lowest BCUT2D eigenvalue weighted by molar-refractivity contribution is -0.132. The molecule has 3 aromatic rings. The molecule has 0 saturated carbocycles. The fourth-order valence-electron chi connectivity index (χ4n) is 3.71. The predicted octanol–water partition coefficient (Wildman–Crippen LogP) is 4.49. The highest BCUT2D eigenvalue weighted by Gasteiger charge is 2.48. The summed E-state index contributed by atoms with van der Waals surface area (Å²) in [6.07, 6.45) is 3.06. The van der Waals surface area contributed by atoms with E-state index in [0.29, 0.717) is 28.3 Å². The van der Waals surface area contributed by atoms with Gasteiger partial charge in [-0.2, -0.15) is 0 Å². The molecule has 0 spiro atoms. The van der Waals surface area contributed by atoms with E-state index in [0.717, 1.165) is 4.47 Å². The van der Waals surface area contributed by atoms with Crippen molar-refractivity contribution >= 4 is 39.1 Å². The summed E-state index contributed by atoms with van der Waals surface area (Å²) in [5.41, 5.74) is 1.27. The van der Waals surface area contributed by atoms with Gasteiger partial charge in [0, 0.05) is 21.8 Å². The molecule has 7 nitrogen and oxygen atoms in total. The van der Waals surface area contributed by atoms with Gasteiger partial charge in [-0.3, -0.25) is 19.5 Å². The number of benzene rings is 2. The van der Waals surface area contributed by atoms with Crippen LogP contribution in [-0.4, -0.2) is 36.0 Å². The number of hydrogen-bond donors (Lipinski definition) is 1. The number of pyridine rings is 1. The summed E-state index contributed by atoms with van der Waals surface area (Å²) in [5, 5.41) is 11.2. The number of carbonyl (C=O) groups is 2. The van der Waals surface area contributed by atoms with Crippen LogP contribution in [0.4, 0.5) is 5.69 Å². The molecule has 1 aliphatic heterocycles. The fourth-order valence-corrected chi connectivity index (χ4v) is 3.97. The largest absolute Gasteiger partial charge is 0.507 e. The van der Waals surface area contributed by atoms with E-state index in [-0.39, 0.29) is 11.3 Å². The van der Waals surface area contributed by atoms with Crippen molar-refractivity contribution < 1.29 is 24.2 Å². The smallest absolute Gasteiger partial charge is 0.300 e. The number of aromatic nitrogens is 1. The first-order valence-corrected chi connectivity index (χ1v) is 10.4. The Morgan fingerprint density at radius 3 is 2.44 bits per heavy atom. The molecule has 0 radical (unpaired) electrons. The maximum Gasteiger partial charge on any atom is 0.300 e. The van der Waals surface area contributed by atoms with Crippen molar-refractivity contribution in [2.24, 2.45) is 0 Å². The number of hydrogen-bond acceptors (Lipinski definition) is 6. The number of rotatable bonds is 5. The number of aliphatic hydroxyl groups is 1. The number of halogens is 1. The molecule has 1 amide bonds. The number of amides is 1. The molecule has 1 saturated heterocycles. The highest BCUT2D eigenvalue weighted by Crippen LogP contribution is 2.45. The van der Waals surface area contributed by atoms with Crippen molar-refractivity contribution in [1.82, 2.24) is 4.98 Å². The van der Waals surface area contributed by atoms with Crippen LogP contribution < -0.4 is 14.4 Å². The van der Waals surface area contributed by atoms with Gasteiger partial charge >= 0.3 is 0 Å². The first kappa shape index (κ1) is 21.6. The minimum atomic E-state index is -0.951. The van der Waals surface area contributed by atoms with E-state index in [1.807, 2.05) is 0 Å². The van der Waals surface area contributed by atoms with Gasteiger partial charge in [0.2, 0.25) is 0 Å². The van der Waals surface area contributed by atoms with Crippen molar-refractivity contribution in [2.45, 2.75) is 6.04 Å². The van der Waals surface area contributed by atoms with Crippen LogP contribution in [0, 0.1) is 0 Å². The number of nitrogens with zero attached hydrogens (tertiary/aromatic N) is 2. The standard InChI is InChI=1S/C24H19BrN2O5/c1-31-17-9-10-19(32-2)18(12-17)21-20(22(28)14-5-7-15(25)8-6-14)23(29)24(30)27(21)16-4-3-11-26-13-16/h3-13,21,28H,1-2H3. The number of aliphatic hydroxyl groups excluding tert-OH is 1. The highest BCUT2D eigenvalue weighted by atomic mass is 79.9. The summed E-state index contributed by atoms with van der Waals surface area (Å²) in [7, 11) is 3.02. The number of ether oxygens (including phenoxy) is 2. The third-order valence-corrected chi connectivity index (χ3v) is 5.75. The van der Waals surface area contributed by atoms with Gasteiger partial charge in [-0.15, -0.1) is 0 Å². The zero-order valence-electron chi connectivity index (χ0n) is 17.3. The molecular weight excluding hydrogens is 476 g/mol. The van der Waals surface area contributed by atoms with Crippen molar-refractivity contribution in [3.8, 4) is 11.5 Å². The monoisotopic (exact) mass is 494 g/mol. The van der Waals surface area contributed by atoms with E-state index in [2.05, 4.69) is 20.9 Å². The maximum atomic E-state index is 13.2. The Morgan fingerprint density at radius 2 is 1.81 bits per heavy atom. The molecule has 2 heterocycles. The summed E-state index contributed by atoms with van der Waals surface area (Å²) in [6, 6.07) is 14.3. The Labute approximate surface area is 193 Å². The Morgan fingerprint density at radius 1 is 1.06 bits per heavy atom. The average Bonchev–Trinajstić information content (AvgIpc) is 3.09. The van der Waals surface area contributed by atoms with Gasteiger partial charge in [-0.1, -0.05) is 28.1 Å². The third kappa shape index (κ3) is 3.73. The minimum absolute atomic E-state index is 0.0484. The van der Waals surface area contributed by atoms with Crippen LogP contribution in [-0.2, 0) is 9.59 Å². The summed E-state index contributed by atoms with van der Waals surface area (Å²) < 4.78 is 11.7. The van der Waals surface area contributed by atoms with Crippen molar-refractivity contribution in [1.29, 1.82) is 0 Å². The molecule has 32 heavy (non-hydrogen) atoms. The Hall–Kier alpha value is -3.65. The molecule has 8 heteroatoms. The van der Waals surface area contributed by atoms with Crippen LogP contribution in [0.5, 0.6) is 11.5 Å². The molecule has 0 bridgehead atoms. The topological polar surface area (TPSA) is 89.0 Å². The summed E-state index contributed by atoms with van der Waals surface area (Å²) in [5.74, 6) is -0.901. The molecule has 1 atom stereocenters. The maximum absolute atomic E-state index is 13.2. The summed E-state index contributed by atoms with van der Waals surface area (Å²) in [6.45, 7) is 0. The van der Waals surface area contributed by atoms with E-state index in [4.69, 9.17) is 9.47 Å². The molecular formula is C24H19BrN2O5. The molecule has 1 aliphatic rings. The second-order valence-electron chi connectivity index (χ2n) is 7.00. The second-order valence-corrected chi connectivity index (χ2v) is 7.91. The van der Waals surface area contributed by atoms with Crippen LogP contribution >= 0.6 is 15.9 Å². The second kappa shape index (κ2) is 8.84. The summed E-state index contributed by atoms with van der Waals surface area (Å²) >= 11 is 3.36. The molecule has 1 unspecified atom stereocenters. The predicted molar refractivity (Wildman–Crippen MR) is 123 cm³/mol. The molecule has 162 valence electrons. The highest BCUT2D eigenvalue weighted by molar-refractivity contribution is 9.10. The Kier molecular flexibility index (Phi) is 5.96. The average molecular weight is 495 g/mol. The number of carbonyl (C=O) groups excluding carboxylic acids is 2. The van der Waals surface area contributed by atoms with E-state index in [1.165, 1.54) is 25.3 Å². The molecule has 0 aliphatic carbocycles. The van der Waals surface area contributed by atoms with Gasteiger partial charge in [0.25, 0.3) is 11.7 Å². The van der Waals surface area contributed by atoms with Crippen LogP contribution in [0.1, 0.15) is 17.2 Å². The lowest BCUT2D eigenvalue weighted by atomic mass is 9.94. The third-order valence-electron chi connectivity index (χ3n) is 5.22. The normalized spacial score (nSPS) is 17.5. The van der Waals surface area contributed by atoms with Gasteiger partial charge < -0.3 is 14.6 Å². The first-order chi connectivity index (χ1) is 15.5. The van der Waals surface area contributed by atoms with Crippen LogP contribution in [0.2, 0.25) is 0 Å². The van der Waals surface area contributed by atoms with E-state index >= 15 is 0 Å². The van der Waals surface area contributed by atoms with E-state index in [1.54, 1.807) is 60.8 Å². The van der Waals surface area contributed by atoms with Crippen LogP contribution in [0.25, 0.3) is 5.76 Å². The molecule has 1 N–H and O–H groups in total. The summed E-state index contributed by atoms with van der Waals surface area (Å²) in [4.78, 5) is 31.8. The Bertz CT molecular complexity index is 1210. The first-order valence-electron chi connectivity index (χ1n) is 9.65. The zero-order valence-corrected chi connectivity index (χ0v) is 18.9. The number of Topliss-reactive ketones (excluding diaryl/α,β-unsaturated/α-hetero) is 1. The minimum Gasteiger partial charge on any atom is -0.507 e. The number of methoxy groups -OCH3 is 2. The van der Waals surface area contributed by atoms with Gasteiger partial charge in [-0.05, 0) is 42.5 Å². The van der Waals surface area contributed by atoms with Crippen LogP contribution in [0.15, 0.2) is 77.0 Å². The SMILES string of the molecule is COc1ccc(OC)c(C2C(=C(O)c3ccc(Br)cc3)C(=O)C(=O)N2c2cccnc2)c1. The van der Waals surface area contributed by atoms with E-state index in [9.17, 15) is 14.7 Å². The Balaban J connectivity index is 2.01. The van der Waals surface area contributed by atoms with Gasteiger partial charge in [-0.25, -0.2) is 0 Å². The van der Waals surface area contributed by atoms with Crippen LogP contribution in [0.3, 0.4) is 0 Å². The lowest BCUT2D eigenvalue weighted by Crippen LogP contribution is -2.29. The fraction of sp³-hybridized carbons (Fsp3) is 0.125. The zero-order chi connectivity index (χ0) is 22.8. The van der Waals surface area contributed by atoms with Gasteiger partial charge in [0.15, 0.2) is 0 Å². The quantitative estimate of drug-likeness (QED) is 0.319. The van der Waals surface area contributed by atoms with Gasteiger partial charge in [0.1, 0.15) is 17.3 Å². The lowest BCUT2D eigenvalue weighted by Gasteiger charge is -2.26. The molecule has 1 aromatic heterocycles. The molecule has 4 rings (SSSR count). The van der Waals surface area contributed by atoms with Gasteiger partial charge in [0.05, 0.1) is 37.7 Å². The van der Waals surface area contributed by atoms with Crippen molar-refractivity contribution in [2.75, 3.05) is 19.1 Å². The van der Waals surface area contributed by atoms with Crippen molar-refractivity contribution in [3.63, 3.8) is 0 Å². The number of ketones is 1. The van der Waals surface area contributed by atoms with E-state index < -0.39 is 17.7 Å².